The Balaban J connectivity index is 2.65. The minimum absolute atomic E-state index is 0.0167. The molecule has 1 aromatic rings. The molecule has 6 nitrogen and oxygen atoms in total. The molecule has 0 saturated heterocycles. The molecule has 0 saturated carbocycles. The molecule has 0 aromatic carbocycles. The molecule has 0 fully saturated rings. The van der Waals surface area contributed by atoms with Crippen molar-refractivity contribution in [2.45, 2.75) is 19.4 Å². The second kappa shape index (κ2) is 6.05. The van der Waals surface area contributed by atoms with Crippen LogP contribution >= 0.6 is 0 Å². The smallest absolute Gasteiger partial charge is 0.338 e. The van der Waals surface area contributed by atoms with E-state index in [4.69, 9.17) is 14.3 Å². The zero-order valence-corrected chi connectivity index (χ0v) is 9.73. The topological polar surface area (TPSA) is 88.8 Å². The quantitative estimate of drug-likeness (QED) is 0.779. The summed E-state index contributed by atoms with van der Waals surface area (Å²) in [6.07, 6.45) is 1.75. The SMILES string of the molecule is CCC(COC)NC(=O)c1cc(C(=O)O)co1. The third-order valence-corrected chi connectivity index (χ3v) is 2.27. The zero-order chi connectivity index (χ0) is 12.8. The van der Waals surface area contributed by atoms with Crippen LogP contribution in [0.1, 0.15) is 34.3 Å². The van der Waals surface area contributed by atoms with E-state index in [-0.39, 0.29) is 17.4 Å². The maximum atomic E-state index is 11.7. The van der Waals surface area contributed by atoms with Crippen LogP contribution in [0, 0.1) is 0 Å². The molecule has 17 heavy (non-hydrogen) atoms. The number of carbonyl (C=O) groups is 2. The number of aromatic carboxylic acids is 1. The summed E-state index contributed by atoms with van der Waals surface area (Å²) >= 11 is 0. The average molecular weight is 241 g/mol. The van der Waals surface area contributed by atoms with E-state index in [9.17, 15) is 9.59 Å². The third kappa shape index (κ3) is 3.60. The van der Waals surface area contributed by atoms with E-state index in [1.807, 2.05) is 6.92 Å². The Labute approximate surface area is 98.6 Å². The van der Waals surface area contributed by atoms with Gasteiger partial charge in [-0.25, -0.2) is 4.79 Å². The molecule has 1 atom stereocenters. The normalized spacial score (nSPS) is 12.1. The van der Waals surface area contributed by atoms with E-state index in [1.54, 1.807) is 7.11 Å². The van der Waals surface area contributed by atoms with Crippen LogP contribution in [0.3, 0.4) is 0 Å². The summed E-state index contributed by atoms with van der Waals surface area (Å²) < 4.78 is 9.81. The van der Waals surface area contributed by atoms with Gasteiger partial charge in [0.15, 0.2) is 5.76 Å². The second-order valence-corrected chi connectivity index (χ2v) is 3.54. The number of carbonyl (C=O) groups excluding carboxylic acids is 1. The number of carboxylic acids is 1. The molecule has 0 radical (unpaired) electrons. The number of carboxylic acid groups (broad SMARTS) is 1. The van der Waals surface area contributed by atoms with Crippen LogP contribution in [-0.2, 0) is 4.74 Å². The average Bonchev–Trinajstić information content (AvgIpc) is 2.77. The van der Waals surface area contributed by atoms with Crippen molar-refractivity contribution in [2.24, 2.45) is 0 Å². The van der Waals surface area contributed by atoms with Crippen molar-refractivity contribution < 1.29 is 23.8 Å². The number of rotatable bonds is 6. The molecule has 1 heterocycles. The number of amides is 1. The summed E-state index contributed by atoms with van der Waals surface area (Å²) in [4.78, 5) is 22.3. The Morgan fingerprint density at radius 2 is 2.29 bits per heavy atom. The Kier molecular flexibility index (Phi) is 4.71. The van der Waals surface area contributed by atoms with Gasteiger partial charge in [0.1, 0.15) is 6.26 Å². The fraction of sp³-hybridized carbons (Fsp3) is 0.455. The van der Waals surface area contributed by atoms with Crippen LogP contribution in [0.15, 0.2) is 16.7 Å². The highest BCUT2D eigenvalue weighted by Gasteiger charge is 2.17. The van der Waals surface area contributed by atoms with Crippen LogP contribution in [0.2, 0.25) is 0 Å². The lowest BCUT2D eigenvalue weighted by atomic mass is 10.2. The second-order valence-electron chi connectivity index (χ2n) is 3.54. The minimum atomic E-state index is -1.13. The van der Waals surface area contributed by atoms with Crippen LogP contribution in [-0.4, -0.2) is 36.7 Å². The lowest BCUT2D eigenvalue weighted by Crippen LogP contribution is -2.37. The number of methoxy groups -OCH3 is 1. The molecule has 94 valence electrons. The van der Waals surface area contributed by atoms with Gasteiger partial charge in [0, 0.05) is 13.2 Å². The summed E-state index contributed by atoms with van der Waals surface area (Å²) in [5, 5.41) is 11.4. The molecular weight excluding hydrogens is 226 g/mol. The number of hydrogen-bond acceptors (Lipinski definition) is 4. The Morgan fingerprint density at radius 1 is 1.59 bits per heavy atom. The van der Waals surface area contributed by atoms with Gasteiger partial charge < -0.3 is 19.6 Å². The molecule has 0 spiro atoms. The van der Waals surface area contributed by atoms with E-state index in [0.29, 0.717) is 13.0 Å². The van der Waals surface area contributed by atoms with Crippen LogP contribution < -0.4 is 5.32 Å². The predicted octanol–water partition coefficient (Wildman–Crippen LogP) is 1.13. The fourth-order valence-electron chi connectivity index (χ4n) is 1.29. The lowest BCUT2D eigenvalue weighted by Gasteiger charge is -2.14. The fourth-order valence-corrected chi connectivity index (χ4v) is 1.29. The maximum absolute atomic E-state index is 11.7. The molecule has 1 rings (SSSR count). The first-order chi connectivity index (χ1) is 8.08. The van der Waals surface area contributed by atoms with E-state index in [0.717, 1.165) is 6.26 Å². The molecule has 0 aliphatic carbocycles. The summed E-state index contributed by atoms with van der Waals surface area (Å²) in [6, 6.07) is 1.07. The Bertz CT molecular complexity index is 398. The van der Waals surface area contributed by atoms with E-state index in [2.05, 4.69) is 5.32 Å². The van der Waals surface area contributed by atoms with Gasteiger partial charge in [0.05, 0.1) is 18.2 Å². The summed E-state index contributed by atoms with van der Waals surface area (Å²) in [5.41, 5.74) is -0.0464. The molecule has 1 amide bonds. The Hall–Kier alpha value is -1.82. The van der Waals surface area contributed by atoms with Crippen molar-refractivity contribution in [3.8, 4) is 0 Å². The first-order valence-corrected chi connectivity index (χ1v) is 5.20. The first-order valence-electron chi connectivity index (χ1n) is 5.20. The number of hydrogen-bond donors (Lipinski definition) is 2. The summed E-state index contributed by atoms with van der Waals surface area (Å²) in [7, 11) is 1.55. The highest BCUT2D eigenvalue weighted by atomic mass is 16.5. The molecule has 0 aliphatic heterocycles. The molecule has 0 bridgehead atoms. The van der Waals surface area contributed by atoms with Crippen molar-refractivity contribution in [1.29, 1.82) is 0 Å². The van der Waals surface area contributed by atoms with Gasteiger partial charge in [-0.05, 0) is 6.42 Å². The molecule has 6 heteroatoms. The zero-order valence-electron chi connectivity index (χ0n) is 9.73. The van der Waals surface area contributed by atoms with Gasteiger partial charge >= 0.3 is 5.97 Å². The number of nitrogens with one attached hydrogen (secondary N) is 1. The molecule has 2 N–H and O–H groups in total. The minimum Gasteiger partial charge on any atom is -0.478 e. The third-order valence-electron chi connectivity index (χ3n) is 2.27. The van der Waals surface area contributed by atoms with Crippen LogP contribution in [0.25, 0.3) is 0 Å². The van der Waals surface area contributed by atoms with Crippen LogP contribution in [0.4, 0.5) is 0 Å². The highest BCUT2D eigenvalue weighted by molar-refractivity contribution is 5.95. The number of ether oxygens (including phenoxy) is 1. The Morgan fingerprint density at radius 3 is 2.76 bits per heavy atom. The maximum Gasteiger partial charge on any atom is 0.338 e. The summed E-state index contributed by atoms with van der Waals surface area (Å²) in [6.45, 7) is 2.31. The standard InChI is InChI=1S/C11H15NO5/c1-3-8(6-16-2)12-10(13)9-4-7(5-17-9)11(14)15/h4-5,8H,3,6H2,1-2H3,(H,12,13)(H,14,15). The van der Waals surface area contributed by atoms with Crippen molar-refractivity contribution in [3.63, 3.8) is 0 Å². The molecule has 0 aliphatic rings. The van der Waals surface area contributed by atoms with Gasteiger partial charge in [0.2, 0.25) is 0 Å². The van der Waals surface area contributed by atoms with Crippen molar-refractivity contribution in [1.82, 2.24) is 5.32 Å². The first kappa shape index (κ1) is 13.2. The van der Waals surface area contributed by atoms with Crippen LogP contribution in [0.5, 0.6) is 0 Å². The molecule has 1 aromatic heterocycles. The van der Waals surface area contributed by atoms with E-state index < -0.39 is 11.9 Å². The number of furan rings is 1. The van der Waals surface area contributed by atoms with E-state index in [1.165, 1.54) is 6.07 Å². The predicted molar refractivity (Wildman–Crippen MR) is 59.1 cm³/mol. The van der Waals surface area contributed by atoms with Gasteiger partial charge in [-0.3, -0.25) is 4.79 Å². The van der Waals surface area contributed by atoms with Crippen molar-refractivity contribution in [3.05, 3.63) is 23.7 Å². The van der Waals surface area contributed by atoms with Gasteiger partial charge in [-0.1, -0.05) is 6.92 Å². The van der Waals surface area contributed by atoms with Crippen molar-refractivity contribution >= 4 is 11.9 Å². The van der Waals surface area contributed by atoms with Crippen molar-refractivity contribution in [2.75, 3.05) is 13.7 Å². The van der Waals surface area contributed by atoms with Gasteiger partial charge in [-0.2, -0.15) is 0 Å². The lowest BCUT2D eigenvalue weighted by molar-refractivity contribution is 0.0695. The largest absolute Gasteiger partial charge is 0.478 e. The highest BCUT2D eigenvalue weighted by Crippen LogP contribution is 2.08. The molecular formula is C11H15NO5. The van der Waals surface area contributed by atoms with Gasteiger partial charge in [0.25, 0.3) is 5.91 Å². The van der Waals surface area contributed by atoms with E-state index >= 15 is 0 Å². The molecule has 1 unspecified atom stereocenters. The van der Waals surface area contributed by atoms with Gasteiger partial charge in [-0.15, -0.1) is 0 Å². The summed E-state index contributed by atoms with van der Waals surface area (Å²) in [5.74, 6) is -1.59. The monoisotopic (exact) mass is 241 g/mol.